The molecule has 3 saturated carbocycles. The second-order valence-electron chi connectivity index (χ2n) is 15.0. The first-order valence-corrected chi connectivity index (χ1v) is 14.8. The second-order valence-corrected chi connectivity index (χ2v) is 15.0. The van der Waals surface area contributed by atoms with Crippen LogP contribution in [0, 0.1) is 45.3 Å². The second kappa shape index (κ2) is 8.08. The summed E-state index contributed by atoms with van der Waals surface area (Å²) < 4.78 is 12.9. The van der Waals surface area contributed by atoms with Gasteiger partial charge in [0.25, 0.3) is 0 Å². The Labute approximate surface area is 215 Å². The van der Waals surface area contributed by atoms with Gasteiger partial charge in [0, 0.05) is 17.8 Å². The summed E-state index contributed by atoms with van der Waals surface area (Å²) in [4.78, 5) is 11.9. The van der Waals surface area contributed by atoms with Crippen LogP contribution in [0.15, 0.2) is 11.6 Å². The predicted molar refractivity (Wildman–Crippen MR) is 142 cm³/mol. The van der Waals surface area contributed by atoms with Gasteiger partial charge in [-0.2, -0.15) is 0 Å². The largest absolute Gasteiger partial charge is 0.462 e. The summed E-state index contributed by atoms with van der Waals surface area (Å²) in [5.74, 6) is 2.73. The molecule has 0 amide bonds. The van der Waals surface area contributed by atoms with Gasteiger partial charge in [0.15, 0.2) is 0 Å². The summed E-state index contributed by atoms with van der Waals surface area (Å²) in [7, 11) is 0. The number of ether oxygens (including phenoxy) is 2. The SMILES string of the molecule is CC(=O)OC1CCC2(C)C3=CCC4(C)C(C(C)CCCC(C)C)CCC4(C)C34OC4CC2C1(C)C. The molecule has 0 radical (unpaired) electrons. The summed E-state index contributed by atoms with van der Waals surface area (Å²) >= 11 is 0. The maximum atomic E-state index is 11.9. The number of allylic oxidation sites excluding steroid dienone is 1. The number of carbonyl (C=O) groups is 1. The molecule has 0 N–H and O–H groups in total. The van der Waals surface area contributed by atoms with Crippen molar-refractivity contribution in [1.82, 2.24) is 0 Å². The van der Waals surface area contributed by atoms with Gasteiger partial charge in [-0.25, -0.2) is 0 Å². The molecular weight excluding hydrogens is 432 g/mol. The summed E-state index contributed by atoms with van der Waals surface area (Å²) in [6, 6.07) is 0. The molecule has 1 heterocycles. The Morgan fingerprint density at radius 1 is 1.09 bits per heavy atom. The molecular formula is C32H52O3. The first kappa shape index (κ1) is 25.8. The number of rotatable bonds is 6. The summed E-state index contributed by atoms with van der Waals surface area (Å²) in [5, 5.41) is 0. The molecule has 0 aromatic heterocycles. The quantitative estimate of drug-likeness (QED) is 0.217. The highest BCUT2D eigenvalue weighted by Gasteiger charge is 2.81. The average molecular weight is 485 g/mol. The van der Waals surface area contributed by atoms with Crippen molar-refractivity contribution in [2.75, 3.05) is 0 Å². The number of epoxide rings is 1. The van der Waals surface area contributed by atoms with Crippen LogP contribution in [-0.2, 0) is 14.3 Å². The summed E-state index contributed by atoms with van der Waals surface area (Å²) in [6.07, 6.45) is 14.1. The molecule has 0 aromatic rings. The van der Waals surface area contributed by atoms with Crippen LogP contribution in [0.25, 0.3) is 0 Å². The van der Waals surface area contributed by atoms with E-state index in [9.17, 15) is 4.79 Å². The fraction of sp³-hybridized carbons (Fsp3) is 0.906. The molecule has 5 aliphatic rings. The van der Waals surface area contributed by atoms with Gasteiger partial charge in [-0.15, -0.1) is 0 Å². The van der Waals surface area contributed by atoms with E-state index in [1.165, 1.54) is 38.5 Å². The van der Waals surface area contributed by atoms with Crippen LogP contribution < -0.4 is 0 Å². The zero-order valence-electron chi connectivity index (χ0n) is 24.1. The molecule has 1 saturated heterocycles. The third kappa shape index (κ3) is 3.34. The summed E-state index contributed by atoms with van der Waals surface area (Å²) in [5.41, 5.74) is 2.21. The lowest BCUT2D eigenvalue weighted by atomic mass is 9.41. The fourth-order valence-corrected chi connectivity index (χ4v) is 10.5. The van der Waals surface area contributed by atoms with Gasteiger partial charge in [0.1, 0.15) is 11.7 Å². The molecule has 5 rings (SSSR count). The summed E-state index contributed by atoms with van der Waals surface area (Å²) in [6.45, 7) is 21.3. The van der Waals surface area contributed by atoms with Crippen molar-refractivity contribution < 1.29 is 14.3 Å². The van der Waals surface area contributed by atoms with Gasteiger partial charge in [0.2, 0.25) is 0 Å². The Hall–Kier alpha value is -0.830. The van der Waals surface area contributed by atoms with Crippen LogP contribution >= 0.6 is 0 Å². The Kier molecular flexibility index (Phi) is 5.96. The van der Waals surface area contributed by atoms with Gasteiger partial charge < -0.3 is 9.47 Å². The minimum Gasteiger partial charge on any atom is -0.462 e. The van der Waals surface area contributed by atoms with E-state index in [1.54, 1.807) is 12.5 Å². The highest BCUT2D eigenvalue weighted by Crippen LogP contribution is 2.80. The van der Waals surface area contributed by atoms with Crippen molar-refractivity contribution in [2.24, 2.45) is 45.3 Å². The third-order valence-electron chi connectivity index (χ3n) is 12.6. The van der Waals surface area contributed by atoms with E-state index in [4.69, 9.17) is 9.47 Å². The topological polar surface area (TPSA) is 38.8 Å². The van der Waals surface area contributed by atoms with E-state index in [0.29, 0.717) is 17.4 Å². The number of hydrogen-bond acceptors (Lipinski definition) is 3. The maximum absolute atomic E-state index is 11.9. The first-order chi connectivity index (χ1) is 16.2. The fourth-order valence-electron chi connectivity index (χ4n) is 10.5. The van der Waals surface area contributed by atoms with Gasteiger partial charge >= 0.3 is 5.97 Å². The Bertz CT molecular complexity index is 902. The first-order valence-electron chi connectivity index (χ1n) is 14.8. The monoisotopic (exact) mass is 484 g/mol. The van der Waals surface area contributed by atoms with Crippen LogP contribution in [0.4, 0.5) is 0 Å². The minimum atomic E-state index is -0.140. The molecule has 9 unspecified atom stereocenters. The van der Waals surface area contributed by atoms with E-state index in [2.05, 4.69) is 61.5 Å². The molecule has 0 bridgehead atoms. The Balaban J connectivity index is 1.45. The van der Waals surface area contributed by atoms with Crippen molar-refractivity contribution >= 4 is 5.97 Å². The number of hydrogen-bond donors (Lipinski definition) is 0. The molecule has 3 nitrogen and oxygen atoms in total. The molecule has 4 fully saturated rings. The molecule has 3 heteroatoms. The van der Waals surface area contributed by atoms with E-state index in [0.717, 1.165) is 37.0 Å². The zero-order chi connectivity index (χ0) is 25.6. The lowest BCUT2D eigenvalue weighted by Gasteiger charge is -2.62. The number of carbonyl (C=O) groups excluding carboxylic acids is 1. The van der Waals surface area contributed by atoms with Crippen molar-refractivity contribution in [2.45, 2.75) is 138 Å². The molecule has 0 aromatic carbocycles. The van der Waals surface area contributed by atoms with Gasteiger partial charge in [-0.1, -0.05) is 80.7 Å². The van der Waals surface area contributed by atoms with Crippen LogP contribution in [0.1, 0.15) is 120 Å². The molecule has 198 valence electrons. The van der Waals surface area contributed by atoms with E-state index in [1.807, 2.05) is 0 Å². The van der Waals surface area contributed by atoms with E-state index in [-0.39, 0.29) is 33.9 Å². The molecule has 35 heavy (non-hydrogen) atoms. The van der Waals surface area contributed by atoms with Crippen LogP contribution in [0.2, 0.25) is 0 Å². The normalized spacial score (nSPS) is 48.2. The lowest BCUT2D eigenvalue weighted by Crippen LogP contribution is -2.62. The molecule has 4 aliphatic carbocycles. The lowest BCUT2D eigenvalue weighted by molar-refractivity contribution is -0.168. The van der Waals surface area contributed by atoms with Crippen molar-refractivity contribution in [3.05, 3.63) is 11.6 Å². The van der Waals surface area contributed by atoms with E-state index < -0.39 is 0 Å². The van der Waals surface area contributed by atoms with E-state index >= 15 is 0 Å². The van der Waals surface area contributed by atoms with Crippen LogP contribution in [0.3, 0.4) is 0 Å². The van der Waals surface area contributed by atoms with Gasteiger partial charge in [-0.05, 0) is 78.6 Å². The smallest absolute Gasteiger partial charge is 0.302 e. The predicted octanol–water partition coefficient (Wildman–Crippen LogP) is 8.12. The molecule has 9 atom stereocenters. The van der Waals surface area contributed by atoms with Crippen molar-refractivity contribution in [3.8, 4) is 0 Å². The van der Waals surface area contributed by atoms with Crippen LogP contribution in [0.5, 0.6) is 0 Å². The van der Waals surface area contributed by atoms with Crippen LogP contribution in [-0.4, -0.2) is 23.8 Å². The highest BCUT2D eigenvalue weighted by molar-refractivity contribution is 5.66. The Morgan fingerprint density at radius 3 is 2.46 bits per heavy atom. The standard InChI is InChI=1S/C32H52O3/c1-20(2)11-10-12-21(3)23-13-18-31(9)30(23,8)17-14-24-29(7)16-15-26(34-22(4)33)28(5,6)25(29)19-27-32(24,31)35-27/h14,20-21,23,25-27H,10-13,15-19H2,1-9H3. The minimum absolute atomic E-state index is 0.0110. The zero-order valence-corrected chi connectivity index (χ0v) is 24.1. The molecule has 1 aliphatic heterocycles. The average Bonchev–Trinajstić information content (AvgIpc) is 3.40. The maximum Gasteiger partial charge on any atom is 0.302 e. The Morgan fingerprint density at radius 2 is 1.80 bits per heavy atom. The highest BCUT2D eigenvalue weighted by atomic mass is 16.6. The van der Waals surface area contributed by atoms with Gasteiger partial charge in [0.05, 0.1) is 6.10 Å². The van der Waals surface area contributed by atoms with Crippen molar-refractivity contribution in [1.29, 1.82) is 0 Å². The van der Waals surface area contributed by atoms with Gasteiger partial charge in [-0.3, -0.25) is 4.79 Å². The number of esters is 1. The van der Waals surface area contributed by atoms with Crippen molar-refractivity contribution in [3.63, 3.8) is 0 Å². The molecule has 1 spiro atoms. The third-order valence-corrected chi connectivity index (χ3v) is 12.6. The number of fused-ring (bicyclic) bond motifs is 3.